The summed E-state index contributed by atoms with van der Waals surface area (Å²) in [6, 6.07) is 15.1. The number of nitrogens with zero attached hydrogens (tertiary/aromatic N) is 5. The maximum atomic E-state index is 5.98. The van der Waals surface area contributed by atoms with Crippen LogP contribution in [-0.2, 0) is 12.3 Å². The van der Waals surface area contributed by atoms with E-state index in [9.17, 15) is 0 Å². The smallest absolute Gasteiger partial charge is 0.237 e. The van der Waals surface area contributed by atoms with Gasteiger partial charge in [-0.05, 0) is 43.3 Å². The van der Waals surface area contributed by atoms with Gasteiger partial charge in [0.1, 0.15) is 5.75 Å². The standard InChI is InChI=1S/C20H18ClN5O2S/c1-3-26-19(13-8-10-14(21)11-9-13)23-24-20(26)29-12-17-22-18(25-28-17)15-6-4-5-7-16(15)27-2/h4-11H,3,12H2,1-2H3. The first kappa shape index (κ1) is 19.5. The van der Waals surface area contributed by atoms with Gasteiger partial charge in [0.25, 0.3) is 0 Å². The quantitative estimate of drug-likeness (QED) is 0.385. The molecule has 0 aliphatic rings. The molecule has 0 saturated heterocycles. The number of thioether (sulfide) groups is 1. The summed E-state index contributed by atoms with van der Waals surface area (Å²) in [5.41, 5.74) is 1.75. The number of halogens is 1. The van der Waals surface area contributed by atoms with Crippen LogP contribution in [0.25, 0.3) is 22.8 Å². The molecule has 0 saturated carbocycles. The van der Waals surface area contributed by atoms with E-state index < -0.39 is 0 Å². The van der Waals surface area contributed by atoms with Gasteiger partial charge in [0.2, 0.25) is 11.7 Å². The van der Waals surface area contributed by atoms with Crippen LogP contribution in [0.5, 0.6) is 5.75 Å². The van der Waals surface area contributed by atoms with E-state index >= 15 is 0 Å². The molecule has 0 unspecified atom stereocenters. The van der Waals surface area contributed by atoms with E-state index in [0.29, 0.717) is 28.2 Å². The molecule has 0 atom stereocenters. The maximum Gasteiger partial charge on any atom is 0.237 e. The fourth-order valence-electron chi connectivity index (χ4n) is 2.87. The lowest BCUT2D eigenvalue weighted by molar-refractivity contribution is 0.390. The minimum absolute atomic E-state index is 0.487. The van der Waals surface area contributed by atoms with Gasteiger partial charge in [0.05, 0.1) is 18.4 Å². The average Bonchev–Trinajstić information content (AvgIpc) is 3.39. The second-order valence-corrected chi connectivity index (χ2v) is 7.44. The van der Waals surface area contributed by atoms with Crippen molar-refractivity contribution in [1.82, 2.24) is 24.9 Å². The lowest BCUT2D eigenvalue weighted by Crippen LogP contribution is -1.99. The molecule has 0 amide bonds. The Morgan fingerprint density at radius 3 is 2.66 bits per heavy atom. The molecule has 2 aromatic carbocycles. The summed E-state index contributed by atoms with van der Waals surface area (Å²) in [6.45, 7) is 2.79. The van der Waals surface area contributed by atoms with Crippen LogP contribution >= 0.6 is 23.4 Å². The van der Waals surface area contributed by atoms with Gasteiger partial charge in [-0.2, -0.15) is 4.98 Å². The highest BCUT2D eigenvalue weighted by molar-refractivity contribution is 7.98. The number of benzene rings is 2. The molecule has 7 nitrogen and oxygen atoms in total. The summed E-state index contributed by atoms with van der Waals surface area (Å²) in [6.07, 6.45) is 0. The Hall–Kier alpha value is -2.84. The van der Waals surface area contributed by atoms with Gasteiger partial charge in [-0.3, -0.25) is 0 Å². The van der Waals surface area contributed by atoms with Crippen LogP contribution in [0.4, 0.5) is 0 Å². The molecule has 0 bridgehead atoms. The zero-order valence-corrected chi connectivity index (χ0v) is 17.4. The van der Waals surface area contributed by atoms with Gasteiger partial charge in [-0.25, -0.2) is 0 Å². The molecule has 0 aliphatic heterocycles. The Bertz CT molecular complexity index is 1110. The van der Waals surface area contributed by atoms with Crippen LogP contribution in [0.1, 0.15) is 12.8 Å². The van der Waals surface area contributed by atoms with Crippen molar-refractivity contribution in [2.75, 3.05) is 7.11 Å². The van der Waals surface area contributed by atoms with Crippen molar-refractivity contribution in [1.29, 1.82) is 0 Å². The predicted octanol–water partition coefficient (Wildman–Crippen LogP) is 4.97. The monoisotopic (exact) mass is 427 g/mol. The number of aromatic nitrogens is 5. The SMILES string of the molecule is CCn1c(SCc2nc(-c3ccccc3OC)no2)nnc1-c1ccc(Cl)cc1. The van der Waals surface area contributed by atoms with Crippen molar-refractivity contribution in [3.05, 3.63) is 59.4 Å². The van der Waals surface area contributed by atoms with E-state index in [4.69, 9.17) is 20.9 Å². The zero-order chi connectivity index (χ0) is 20.2. The first-order valence-electron chi connectivity index (χ1n) is 8.97. The Morgan fingerprint density at radius 2 is 1.90 bits per heavy atom. The number of ether oxygens (including phenoxy) is 1. The summed E-state index contributed by atoms with van der Waals surface area (Å²) >= 11 is 7.48. The molecule has 29 heavy (non-hydrogen) atoms. The fourth-order valence-corrected chi connectivity index (χ4v) is 3.84. The number of methoxy groups -OCH3 is 1. The van der Waals surface area contributed by atoms with E-state index in [1.165, 1.54) is 11.8 Å². The normalized spacial score (nSPS) is 11.0. The second-order valence-electron chi connectivity index (χ2n) is 6.06. The molecular weight excluding hydrogens is 410 g/mol. The molecule has 0 N–H and O–H groups in total. The fraction of sp³-hybridized carbons (Fsp3) is 0.200. The first-order chi connectivity index (χ1) is 14.2. The number of para-hydroxylation sites is 1. The summed E-state index contributed by atoms with van der Waals surface area (Å²) in [5, 5.41) is 14.2. The number of rotatable bonds is 7. The third kappa shape index (κ3) is 4.13. The third-order valence-corrected chi connectivity index (χ3v) is 5.48. The molecule has 0 fully saturated rings. The summed E-state index contributed by atoms with van der Waals surface area (Å²) in [5.74, 6) is 2.99. The van der Waals surface area contributed by atoms with E-state index in [0.717, 1.165) is 28.7 Å². The summed E-state index contributed by atoms with van der Waals surface area (Å²) in [7, 11) is 1.62. The van der Waals surface area contributed by atoms with Crippen molar-refractivity contribution in [2.24, 2.45) is 0 Å². The van der Waals surface area contributed by atoms with Crippen molar-refractivity contribution >= 4 is 23.4 Å². The summed E-state index contributed by atoms with van der Waals surface area (Å²) in [4.78, 5) is 4.48. The topological polar surface area (TPSA) is 78.9 Å². The van der Waals surface area contributed by atoms with E-state index in [1.54, 1.807) is 7.11 Å². The van der Waals surface area contributed by atoms with Gasteiger partial charge in [0.15, 0.2) is 11.0 Å². The Labute approximate surface area is 177 Å². The second kappa shape index (κ2) is 8.67. The number of hydrogen-bond acceptors (Lipinski definition) is 7. The molecule has 0 spiro atoms. The van der Waals surface area contributed by atoms with Gasteiger partial charge in [0, 0.05) is 17.1 Å². The molecule has 4 aromatic rings. The maximum absolute atomic E-state index is 5.98. The molecule has 0 radical (unpaired) electrons. The minimum atomic E-state index is 0.487. The van der Waals surface area contributed by atoms with Crippen molar-refractivity contribution in [3.63, 3.8) is 0 Å². The van der Waals surface area contributed by atoms with Gasteiger partial charge in [-0.1, -0.05) is 40.7 Å². The van der Waals surface area contributed by atoms with Crippen LogP contribution < -0.4 is 4.74 Å². The van der Waals surface area contributed by atoms with Crippen LogP contribution in [0.2, 0.25) is 5.02 Å². The van der Waals surface area contributed by atoms with Crippen molar-refractivity contribution < 1.29 is 9.26 Å². The lowest BCUT2D eigenvalue weighted by atomic mass is 10.2. The molecule has 148 valence electrons. The molecular formula is C20H18ClN5O2S. The highest BCUT2D eigenvalue weighted by Crippen LogP contribution is 2.30. The van der Waals surface area contributed by atoms with Gasteiger partial charge < -0.3 is 13.8 Å². The molecule has 4 rings (SSSR count). The lowest BCUT2D eigenvalue weighted by Gasteiger charge is -2.06. The largest absolute Gasteiger partial charge is 0.496 e. The van der Waals surface area contributed by atoms with Crippen molar-refractivity contribution in [2.45, 2.75) is 24.4 Å². The summed E-state index contributed by atoms with van der Waals surface area (Å²) < 4.78 is 12.8. The highest BCUT2D eigenvalue weighted by Gasteiger charge is 2.16. The molecule has 2 aromatic heterocycles. The van der Waals surface area contributed by atoms with E-state index in [1.807, 2.05) is 53.1 Å². The molecule has 0 aliphatic carbocycles. The zero-order valence-electron chi connectivity index (χ0n) is 15.9. The van der Waals surface area contributed by atoms with Crippen LogP contribution in [-0.4, -0.2) is 32.0 Å². The Kier molecular flexibility index (Phi) is 5.82. The molecule has 9 heteroatoms. The average molecular weight is 428 g/mol. The van der Waals surface area contributed by atoms with Gasteiger partial charge in [-0.15, -0.1) is 10.2 Å². The minimum Gasteiger partial charge on any atom is -0.496 e. The molecule has 2 heterocycles. The van der Waals surface area contributed by atoms with E-state index in [2.05, 4.69) is 27.3 Å². The Balaban J connectivity index is 1.51. The predicted molar refractivity (Wildman–Crippen MR) is 112 cm³/mol. The van der Waals surface area contributed by atoms with E-state index in [-0.39, 0.29) is 0 Å². The van der Waals surface area contributed by atoms with Crippen LogP contribution in [0.15, 0.2) is 58.2 Å². The van der Waals surface area contributed by atoms with Crippen LogP contribution in [0.3, 0.4) is 0 Å². The Morgan fingerprint density at radius 1 is 1.10 bits per heavy atom. The first-order valence-corrected chi connectivity index (χ1v) is 10.3. The third-order valence-electron chi connectivity index (χ3n) is 4.28. The highest BCUT2D eigenvalue weighted by atomic mass is 35.5. The van der Waals surface area contributed by atoms with Crippen LogP contribution in [0, 0.1) is 0 Å². The van der Waals surface area contributed by atoms with Crippen molar-refractivity contribution in [3.8, 4) is 28.5 Å². The van der Waals surface area contributed by atoms with Gasteiger partial charge >= 0.3 is 0 Å². The number of hydrogen-bond donors (Lipinski definition) is 0.